The van der Waals surface area contributed by atoms with Crippen molar-refractivity contribution in [3.05, 3.63) is 40.4 Å². The largest absolute Gasteiger partial charge is 0.433 e. The molecule has 7 nitrogen and oxygen atoms in total. The normalized spacial score (nSPS) is 10.8. The Kier molecular flexibility index (Phi) is 3.31. The van der Waals surface area contributed by atoms with Gasteiger partial charge in [-0.2, -0.15) is 5.10 Å². The maximum absolute atomic E-state index is 10.4. The van der Waals surface area contributed by atoms with E-state index in [4.69, 9.17) is 4.42 Å². The Morgan fingerprint density at radius 3 is 2.89 bits per heavy atom. The molecule has 96 valence electrons. The number of hydrogen-bond acceptors (Lipinski definition) is 5. The van der Waals surface area contributed by atoms with Gasteiger partial charge >= 0.3 is 5.88 Å². The number of anilines is 1. The van der Waals surface area contributed by atoms with Crippen molar-refractivity contribution in [3.63, 3.8) is 0 Å². The van der Waals surface area contributed by atoms with Gasteiger partial charge in [0.25, 0.3) is 0 Å². The third-order valence-electron chi connectivity index (χ3n) is 2.42. The zero-order valence-corrected chi connectivity index (χ0v) is 10.2. The molecule has 2 aromatic rings. The molecule has 0 fully saturated rings. The van der Waals surface area contributed by atoms with Crippen LogP contribution in [0.15, 0.2) is 28.9 Å². The summed E-state index contributed by atoms with van der Waals surface area (Å²) in [6, 6.07) is 3.22. The summed E-state index contributed by atoms with van der Waals surface area (Å²) in [4.78, 5) is 9.89. The van der Waals surface area contributed by atoms with Gasteiger partial charge in [-0.05, 0) is 19.9 Å². The quantitative estimate of drug-likeness (QED) is 0.651. The van der Waals surface area contributed by atoms with Gasteiger partial charge in [0, 0.05) is 12.2 Å². The van der Waals surface area contributed by atoms with Crippen molar-refractivity contribution in [1.82, 2.24) is 9.78 Å². The minimum Gasteiger partial charge on any atom is -0.404 e. The Morgan fingerprint density at radius 2 is 2.33 bits per heavy atom. The van der Waals surface area contributed by atoms with Crippen molar-refractivity contribution in [1.29, 1.82) is 0 Å². The Bertz CT molecular complexity index is 544. The Labute approximate surface area is 104 Å². The molecule has 7 heteroatoms. The minimum absolute atomic E-state index is 0.246. The van der Waals surface area contributed by atoms with Gasteiger partial charge < -0.3 is 9.73 Å². The van der Waals surface area contributed by atoms with Crippen LogP contribution in [0.3, 0.4) is 0 Å². The molecule has 0 unspecified atom stereocenters. The van der Waals surface area contributed by atoms with E-state index in [1.807, 2.05) is 24.7 Å². The van der Waals surface area contributed by atoms with Gasteiger partial charge in [0.2, 0.25) is 0 Å². The summed E-state index contributed by atoms with van der Waals surface area (Å²) in [5.74, 6) is 0.267. The van der Waals surface area contributed by atoms with Crippen LogP contribution in [0.1, 0.15) is 25.6 Å². The second-order valence-electron chi connectivity index (χ2n) is 4.15. The van der Waals surface area contributed by atoms with Gasteiger partial charge in [-0.3, -0.25) is 14.8 Å². The Balaban J connectivity index is 1.95. The summed E-state index contributed by atoms with van der Waals surface area (Å²) in [5.41, 5.74) is 0.850. The number of furan rings is 1. The lowest BCUT2D eigenvalue weighted by molar-refractivity contribution is -0.402. The van der Waals surface area contributed by atoms with E-state index < -0.39 is 4.92 Å². The number of aromatic nitrogens is 2. The monoisotopic (exact) mass is 250 g/mol. The lowest BCUT2D eigenvalue weighted by Crippen LogP contribution is -2.00. The summed E-state index contributed by atoms with van der Waals surface area (Å²) in [6.45, 7) is 4.46. The second-order valence-corrected chi connectivity index (χ2v) is 4.15. The second kappa shape index (κ2) is 4.91. The van der Waals surface area contributed by atoms with Gasteiger partial charge in [-0.15, -0.1) is 0 Å². The molecule has 0 aromatic carbocycles. The predicted octanol–water partition coefficient (Wildman–Crippen LogP) is 2.58. The summed E-state index contributed by atoms with van der Waals surface area (Å²) >= 11 is 0. The maximum atomic E-state index is 10.4. The van der Waals surface area contributed by atoms with Crippen LogP contribution >= 0.6 is 0 Å². The predicted molar refractivity (Wildman–Crippen MR) is 65.3 cm³/mol. The van der Waals surface area contributed by atoms with Crippen LogP contribution in [0, 0.1) is 10.1 Å². The lowest BCUT2D eigenvalue weighted by Gasteiger charge is -2.03. The zero-order chi connectivity index (χ0) is 13.1. The molecule has 0 spiro atoms. The van der Waals surface area contributed by atoms with Crippen LogP contribution in [0.5, 0.6) is 0 Å². The Morgan fingerprint density at radius 1 is 1.56 bits per heavy atom. The molecule has 18 heavy (non-hydrogen) atoms. The molecule has 0 saturated carbocycles. The van der Waals surface area contributed by atoms with Crippen LogP contribution < -0.4 is 5.32 Å². The van der Waals surface area contributed by atoms with Crippen LogP contribution in [-0.4, -0.2) is 14.7 Å². The molecule has 2 aromatic heterocycles. The number of hydrogen-bond donors (Lipinski definition) is 1. The fourth-order valence-corrected chi connectivity index (χ4v) is 1.46. The maximum Gasteiger partial charge on any atom is 0.433 e. The molecule has 0 aliphatic rings. The highest BCUT2D eigenvalue weighted by Crippen LogP contribution is 2.17. The van der Waals surface area contributed by atoms with Crippen molar-refractivity contribution >= 4 is 11.6 Å². The molecule has 0 aliphatic carbocycles. The van der Waals surface area contributed by atoms with E-state index in [1.54, 1.807) is 12.3 Å². The first kappa shape index (κ1) is 12.2. The van der Waals surface area contributed by atoms with Crippen molar-refractivity contribution in [2.45, 2.75) is 26.4 Å². The van der Waals surface area contributed by atoms with Crippen molar-refractivity contribution < 1.29 is 9.34 Å². The minimum atomic E-state index is -0.555. The molecule has 0 amide bonds. The van der Waals surface area contributed by atoms with E-state index in [9.17, 15) is 10.1 Å². The topological polar surface area (TPSA) is 86.1 Å². The molecular formula is C11H14N4O3. The van der Waals surface area contributed by atoms with Crippen LogP contribution in [0.25, 0.3) is 0 Å². The van der Waals surface area contributed by atoms with E-state index >= 15 is 0 Å². The number of nitrogens with zero attached hydrogens (tertiary/aromatic N) is 3. The molecule has 0 aliphatic heterocycles. The summed E-state index contributed by atoms with van der Waals surface area (Å²) in [5, 5.41) is 17.7. The molecule has 0 atom stereocenters. The van der Waals surface area contributed by atoms with E-state index in [-0.39, 0.29) is 5.88 Å². The van der Waals surface area contributed by atoms with Gasteiger partial charge in [0.05, 0.1) is 24.5 Å². The zero-order valence-electron chi connectivity index (χ0n) is 10.2. The molecule has 0 saturated heterocycles. The van der Waals surface area contributed by atoms with E-state index in [0.717, 1.165) is 5.69 Å². The van der Waals surface area contributed by atoms with E-state index in [1.165, 1.54) is 6.07 Å². The summed E-state index contributed by atoms with van der Waals surface area (Å²) in [7, 11) is 0. The molecule has 1 N–H and O–H groups in total. The highest BCUT2D eigenvalue weighted by Gasteiger charge is 2.11. The van der Waals surface area contributed by atoms with E-state index in [2.05, 4.69) is 10.4 Å². The van der Waals surface area contributed by atoms with Gasteiger partial charge in [0.1, 0.15) is 10.7 Å². The third-order valence-corrected chi connectivity index (χ3v) is 2.42. The standard InChI is InChI=1S/C11H14N4O3/c1-8(2)14-7-9(5-13-14)12-6-10-3-4-11(18-10)15(16)17/h3-5,7-8,12H,6H2,1-2H3. The fourth-order valence-electron chi connectivity index (χ4n) is 1.46. The van der Waals surface area contributed by atoms with Crippen molar-refractivity contribution in [2.24, 2.45) is 0 Å². The van der Waals surface area contributed by atoms with Gasteiger partial charge in [0.15, 0.2) is 0 Å². The van der Waals surface area contributed by atoms with Gasteiger partial charge in [-0.1, -0.05) is 0 Å². The number of nitrogens with one attached hydrogen (secondary N) is 1. The van der Waals surface area contributed by atoms with Gasteiger partial charge in [-0.25, -0.2) is 0 Å². The molecule has 2 heterocycles. The van der Waals surface area contributed by atoms with Crippen molar-refractivity contribution in [2.75, 3.05) is 5.32 Å². The SMILES string of the molecule is CC(C)n1cc(NCc2ccc([N+](=O)[O-])o2)cn1. The molecule has 0 radical (unpaired) electrons. The highest BCUT2D eigenvalue weighted by atomic mass is 16.6. The fraction of sp³-hybridized carbons (Fsp3) is 0.364. The Hall–Kier alpha value is -2.31. The molecule has 0 bridgehead atoms. The van der Waals surface area contributed by atoms with Crippen LogP contribution in [0.4, 0.5) is 11.6 Å². The van der Waals surface area contributed by atoms with Crippen molar-refractivity contribution in [3.8, 4) is 0 Å². The third kappa shape index (κ3) is 2.68. The molecule has 2 rings (SSSR count). The number of nitro groups is 1. The highest BCUT2D eigenvalue weighted by molar-refractivity contribution is 5.38. The first-order valence-electron chi connectivity index (χ1n) is 5.57. The molecular weight excluding hydrogens is 236 g/mol. The first-order chi connectivity index (χ1) is 8.56. The average Bonchev–Trinajstić information content (AvgIpc) is 2.95. The van der Waals surface area contributed by atoms with E-state index in [0.29, 0.717) is 18.3 Å². The smallest absolute Gasteiger partial charge is 0.404 e. The lowest BCUT2D eigenvalue weighted by atomic mass is 10.4. The first-order valence-corrected chi connectivity index (χ1v) is 5.57. The van der Waals surface area contributed by atoms with Crippen LogP contribution in [0.2, 0.25) is 0 Å². The average molecular weight is 250 g/mol. The van der Waals surface area contributed by atoms with Crippen LogP contribution in [-0.2, 0) is 6.54 Å². The summed E-state index contributed by atoms with van der Waals surface area (Å²) < 4.78 is 6.86. The summed E-state index contributed by atoms with van der Waals surface area (Å²) in [6.07, 6.45) is 3.58. The number of rotatable bonds is 5.